The number of aromatic hydroxyl groups is 1. The van der Waals surface area contributed by atoms with E-state index in [1.165, 1.54) is 41.8 Å². The average molecular weight is 540 g/mol. The number of hydrogen-bond acceptors (Lipinski definition) is 7. The number of ether oxygens (including phenoxy) is 1. The molecule has 1 heterocycles. The van der Waals surface area contributed by atoms with E-state index in [4.69, 9.17) is 9.84 Å². The smallest absolute Gasteiger partial charge is 0.263 e. The highest BCUT2D eigenvalue weighted by Crippen LogP contribution is 2.21. The van der Waals surface area contributed by atoms with Crippen molar-refractivity contribution in [3.63, 3.8) is 0 Å². The standard InChI is InChI=1S/C19H19N3O4S2.C8H10O/c1-2-14-5-3-4-6-17(14)26-13-18(23)21-15-7-9-16(10-8-15)28(24,25)22-19-20-11-12-27-19;1-2-7-5-3-4-6-8(7)9/h3-12H,2,13H2,1H3,(H,20,22)(H,21,23);3-6,9H,2H2,1H3. The molecule has 4 aromatic rings. The van der Waals surface area contributed by atoms with Gasteiger partial charge in [-0.05, 0) is 60.4 Å². The van der Waals surface area contributed by atoms with Gasteiger partial charge in [0.05, 0.1) is 4.90 Å². The first-order valence-electron chi connectivity index (χ1n) is 11.6. The number of anilines is 2. The van der Waals surface area contributed by atoms with Crippen molar-refractivity contribution < 1.29 is 23.1 Å². The number of nitrogens with zero attached hydrogens (tertiary/aromatic N) is 1. The molecule has 0 saturated carbocycles. The Bertz CT molecular complexity index is 1390. The maximum Gasteiger partial charge on any atom is 0.263 e. The molecule has 0 unspecified atom stereocenters. The Morgan fingerprint density at radius 1 is 0.946 bits per heavy atom. The molecule has 37 heavy (non-hydrogen) atoms. The molecule has 0 atom stereocenters. The molecule has 3 aromatic carbocycles. The average Bonchev–Trinajstić information content (AvgIpc) is 3.41. The highest BCUT2D eigenvalue weighted by atomic mass is 32.2. The van der Waals surface area contributed by atoms with Gasteiger partial charge in [0.1, 0.15) is 11.5 Å². The predicted octanol–water partition coefficient (Wildman–Crippen LogP) is 5.48. The second kappa shape index (κ2) is 13.4. The third-order valence-corrected chi connectivity index (χ3v) is 7.36. The maximum absolute atomic E-state index is 12.3. The number of para-hydroxylation sites is 2. The van der Waals surface area contributed by atoms with Gasteiger partial charge in [-0.2, -0.15) is 0 Å². The molecule has 4 rings (SSSR count). The minimum absolute atomic E-state index is 0.0776. The third-order valence-electron chi connectivity index (χ3n) is 5.19. The molecule has 0 bridgehead atoms. The van der Waals surface area contributed by atoms with E-state index in [0.717, 1.165) is 24.0 Å². The summed E-state index contributed by atoms with van der Waals surface area (Å²) in [6, 6.07) is 20.8. The Kier molecular flexibility index (Phi) is 10.0. The van der Waals surface area contributed by atoms with Crippen LogP contribution in [0.15, 0.2) is 89.3 Å². The van der Waals surface area contributed by atoms with Crippen molar-refractivity contribution in [2.24, 2.45) is 0 Å². The lowest BCUT2D eigenvalue weighted by Gasteiger charge is -2.11. The number of hydrogen-bond donors (Lipinski definition) is 3. The van der Waals surface area contributed by atoms with Crippen molar-refractivity contribution in [3.8, 4) is 11.5 Å². The van der Waals surface area contributed by atoms with Crippen LogP contribution in [0.3, 0.4) is 0 Å². The molecule has 0 aliphatic carbocycles. The maximum atomic E-state index is 12.3. The van der Waals surface area contributed by atoms with Gasteiger partial charge in [-0.3, -0.25) is 9.52 Å². The molecule has 1 amide bonds. The van der Waals surface area contributed by atoms with E-state index < -0.39 is 10.0 Å². The fraction of sp³-hybridized carbons (Fsp3) is 0.185. The van der Waals surface area contributed by atoms with Crippen LogP contribution < -0.4 is 14.8 Å². The summed E-state index contributed by atoms with van der Waals surface area (Å²) >= 11 is 1.19. The van der Waals surface area contributed by atoms with Crippen LogP contribution in [-0.4, -0.2) is 31.0 Å². The number of phenolic OH excluding ortho intramolecular Hbond substituents is 1. The molecule has 0 saturated heterocycles. The lowest BCUT2D eigenvalue weighted by Crippen LogP contribution is -2.20. The fourth-order valence-corrected chi connectivity index (χ4v) is 5.04. The number of aryl methyl sites for hydroxylation is 2. The van der Waals surface area contributed by atoms with Crippen LogP contribution in [0, 0.1) is 0 Å². The zero-order valence-electron chi connectivity index (χ0n) is 20.5. The van der Waals surface area contributed by atoms with Gasteiger partial charge in [0, 0.05) is 17.3 Å². The van der Waals surface area contributed by atoms with Gasteiger partial charge in [0.15, 0.2) is 11.7 Å². The predicted molar refractivity (Wildman–Crippen MR) is 147 cm³/mol. The van der Waals surface area contributed by atoms with Crippen LogP contribution in [0.1, 0.15) is 25.0 Å². The van der Waals surface area contributed by atoms with E-state index >= 15 is 0 Å². The number of sulfonamides is 1. The van der Waals surface area contributed by atoms with E-state index in [-0.39, 0.29) is 17.4 Å². The molecular formula is C27H29N3O5S2. The van der Waals surface area contributed by atoms with E-state index in [2.05, 4.69) is 15.0 Å². The quantitative estimate of drug-likeness (QED) is 0.259. The minimum Gasteiger partial charge on any atom is -0.508 e. The van der Waals surface area contributed by atoms with Crippen LogP contribution in [0.25, 0.3) is 0 Å². The van der Waals surface area contributed by atoms with E-state index in [9.17, 15) is 13.2 Å². The zero-order chi connectivity index (χ0) is 26.7. The van der Waals surface area contributed by atoms with Gasteiger partial charge in [0.25, 0.3) is 15.9 Å². The van der Waals surface area contributed by atoms with Crippen molar-refractivity contribution in [1.82, 2.24) is 4.98 Å². The summed E-state index contributed by atoms with van der Waals surface area (Å²) in [5.74, 6) is 0.747. The largest absolute Gasteiger partial charge is 0.508 e. The summed E-state index contributed by atoms with van der Waals surface area (Å²) in [7, 11) is -3.72. The first-order valence-corrected chi connectivity index (χ1v) is 14.0. The van der Waals surface area contributed by atoms with Gasteiger partial charge < -0.3 is 15.2 Å². The first kappa shape index (κ1) is 27.7. The van der Waals surface area contributed by atoms with Crippen LogP contribution in [0.5, 0.6) is 11.5 Å². The molecule has 0 radical (unpaired) electrons. The lowest BCUT2D eigenvalue weighted by atomic mass is 10.1. The molecule has 8 nitrogen and oxygen atoms in total. The Labute approximate surface area is 221 Å². The van der Waals surface area contributed by atoms with Crippen LogP contribution in [0.2, 0.25) is 0 Å². The summed E-state index contributed by atoms with van der Waals surface area (Å²) in [4.78, 5) is 16.1. The summed E-state index contributed by atoms with van der Waals surface area (Å²) in [6.45, 7) is 3.90. The molecule has 194 valence electrons. The summed E-state index contributed by atoms with van der Waals surface area (Å²) in [6.07, 6.45) is 3.22. The SMILES string of the molecule is CCc1ccccc1O.CCc1ccccc1OCC(=O)Nc1ccc(S(=O)(=O)Nc2nccs2)cc1. The first-order chi connectivity index (χ1) is 17.8. The fourth-order valence-electron chi connectivity index (χ4n) is 3.25. The highest BCUT2D eigenvalue weighted by Gasteiger charge is 2.15. The molecule has 0 spiro atoms. The van der Waals surface area contributed by atoms with E-state index in [0.29, 0.717) is 22.3 Å². The van der Waals surface area contributed by atoms with Crippen LogP contribution >= 0.6 is 11.3 Å². The van der Waals surface area contributed by atoms with Crippen molar-refractivity contribution >= 4 is 38.1 Å². The van der Waals surface area contributed by atoms with Gasteiger partial charge in [-0.15, -0.1) is 11.3 Å². The number of carbonyl (C=O) groups is 1. The second-order valence-electron chi connectivity index (χ2n) is 7.75. The molecule has 0 fully saturated rings. The van der Waals surface area contributed by atoms with Gasteiger partial charge in [-0.25, -0.2) is 13.4 Å². The van der Waals surface area contributed by atoms with Gasteiger partial charge in [0.2, 0.25) is 0 Å². The number of rotatable bonds is 9. The molecule has 1 aromatic heterocycles. The normalized spacial score (nSPS) is 10.6. The van der Waals surface area contributed by atoms with Gasteiger partial charge in [-0.1, -0.05) is 50.2 Å². The zero-order valence-corrected chi connectivity index (χ0v) is 22.2. The van der Waals surface area contributed by atoms with E-state index in [1.54, 1.807) is 11.4 Å². The lowest BCUT2D eigenvalue weighted by molar-refractivity contribution is -0.118. The highest BCUT2D eigenvalue weighted by molar-refractivity contribution is 7.93. The van der Waals surface area contributed by atoms with Crippen molar-refractivity contribution in [1.29, 1.82) is 0 Å². The summed E-state index contributed by atoms with van der Waals surface area (Å²) < 4.78 is 32.6. The van der Waals surface area contributed by atoms with Crippen LogP contribution in [0.4, 0.5) is 10.8 Å². The number of nitrogens with one attached hydrogen (secondary N) is 2. The van der Waals surface area contributed by atoms with Crippen LogP contribution in [-0.2, 0) is 27.7 Å². The Morgan fingerprint density at radius 3 is 2.19 bits per heavy atom. The number of amides is 1. The Morgan fingerprint density at radius 2 is 1.59 bits per heavy atom. The van der Waals surface area contributed by atoms with Crippen molar-refractivity contribution in [2.75, 3.05) is 16.6 Å². The molecule has 3 N–H and O–H groups in total. The number of carbonyl (C=O) groups excluding carboxylic acids is 1. The number of benzene rings is 3. The van der Waals surface area contributed by atoms with Gasteiger partial charge >= 0.3 is 0 Å². The van der Waals surface area contributed by atoms with E-state index in [1.807, 2.05) is 56.3 Å². The topological polar surface area (TPSA) is 118 Å². The second-order valence-corrected chi connectivity index (χ2v) is 10.3. The van der Waals surface area contributed by atoms with Crippen molar-refractivity contribution in [2.45, 2.75) is 31.6 Å². The monoisotopic (exact) mass is 539 g/mol. The third kappa shape index (κ3) is 8.33. The number of aromatic nitrogens is 1. The summed E-state index contributed by atoms with van der Waals surface area (Å²) in [5.41, 5.74) is 2.51. The summed E-state index contributed by atoms with van der Waals surface area (Å²) in [5, 5.41) is 13.8. The molecule has 10 heteroatoms. The Balaban J connectivity index is 0.000000356. The molecule has 0 aliphatic rings. The number of phenols is 1. The molecular weight excluding hydrogens is 510 g/mol. The van der Waals surface area contributed by atoms with Crippen molar-refractivity contribution in [3.05, 3.63) is 95.5 Å². The minimum atomic E-state index is -3.72. The molecule has 0 aliphatic heterocycles. The Hall–Kier alpha value is -3.89. The number of thiazole rings is 1.